The third-order valence-electron chi connectivity index (χ3n) is 2.17. The van der Waals surface area contributed by atoms with E-state index in [1.165, 1.54) is 0 Å². The topological polar surface area (TPSA) is 32.1 Å². The van der Waals surface area contributed by atoms with Gasteiger partial charge in [-0.25, -0.2) is 0 Å². The molecule has 86 valence electrons. The number of hydrazine groups is 1. The maximum Gasteiger partial charge on any atom is 0.310 e. The van der Waals surface area contributed by atoms with Crippen molar-refractivity contribution < 1.29 is 4.87 Å². The minimum Gasteiger partial charge on any atom is -0.113 e. The number of hydrogen-bond acceptors (Lipinski definition) is 1. The molecule has 0 amide bonds. The normalized spacial score (nSPS) is 10.0. The first kappa shape index (κ1) is 11.9. The largest absolute Gasteiger partial charge is 0.310 e. The van der Waals surface area contributed by atoms with Gasteiger partial charge in [-0.15, -0.1) is 5.43 Å². The molecule has 17 heavy (non-hydrogen) atoms. The fourth-order valence-electron chi connectivity index (χ4n) is 1.34. The predicted octanol–water partition coefficient (Wildman–Crippen LogP) is 4.43. The van der Waals surface area contributed by atoms with Crippen LogP contribution < -0.4 is 5.43 Å². The van der Waals surface area contributed by atoms with Crippen molar-refractivity contribution in [2.45, 2.75) is 0 Å². The van der Waals surface area contributed by atoms with E-state index in [1.54, 1.807) is 48.5 Å². The first-order chi connectivity index (χ1) is 8.18. The minimum absolute atomic E-state index is 0.342. The lowest BCUT2D eigenvalue weighted by Crippen LogP contribution is -2.10. The highest BCUT2D eigenvalue weighted by atomic mass is 35.5. The van der Waals surface area contributed by atoms with Crippen LogP contribution >= 0.6 is 23.2 Å². The number of halogens is 2. The Morgan fingerprint density at radius 1 is 0.882 bits per heavy atom. The molecular formula is C12H9Cl2N2O+. The number of nitroso groups, excluding NO2 is 1. The van der Waals surface area contributed by atoms with Gasteiger partial charge in [-0.2, -0.15) is 0 Å². The monoisotopic (exact) mass is 267 g/mol. The summed E-state index contributed by atoms with van der Waals surface area (Å²) in [6.45, 7) is 0. The van der Waals surface area contributed by atoms with E-state index in [0.29, 0.717) is 26.3 Å². The third-order valence-corrected chi connectivity index (χ3v) is 2.82. The molecule has 0 saturated heterocycles. The van der Waals surface area contributed by atoms with Gasteiger partial charge in [0.05, 0.1) is 9.93 Å². The first-order valence-corrected chi connectivity index (χ1v) is 5.67. The van der Waals surface area contributed by atoms with Crippen molar-refractivity contribution in [1.82, 2.24) is 0 Å². The Hall–Kier alpha value is -1.58. The first-order valence-electron chi connectivity index (χ1n) is 4.91. The maximum atomic E-state index is 11.8. The molecule has 2 rings (SSSR count). The summed E-state index contributed by atoms with van der Waals surface area (Å²) in [7, 11) is 0. The SMILES string of the molecule is O=[N+](Nc1ccccc1Cl)c1ccccc1Cl. The second kappa shape index (κ2) is 5.17. The van der Waals surface area contributed by atoms with Crippen molar-refractivity contribution in [3.63, 3.8) is 0 Å². The number of para-hydroxylation sites is 2. The van der Waals surface area contributed by atoms with E-state index in [2.05, 4.69) is 5.43 Å². The zero-order chi connectivity index (χ0) is 12.3. The van der Waals surface area contributed by atoms with Crippen molar-refractivity contribution in [2.75, 3.05) is 5.43 Å². The number of benzene rings is 2. The van der Waals surface area contributed by atoms with Crippen LogP contribution in [0.2, 0.25) is 10.0 Å². The van der Waals surface area contributed by atoms with Crippen LogP contribution in [-0.4, -0.2) is 4.87 Å². The summed E-state index contributed by atoms with van der Waals surface area (Å²) in [6, 6.07) is 13.8. The average Bonchev–Trinajstić information content (AvgIpc) is 2.32. The Morgan fingerprint density at radius 2 is 1.47 bits per heavy atom. The molecule has 2 aromatic carbocycles. The van der Waals surface area contributed by atoms with Gasteiger partial charge in [0.15, 0.2) is 4.87 Å². The quantitative estimate of drug-likeness (QED) is 0.659. The molecule has 0 aliphatic rings. The molecule has 3 nitrogen and oxygen atoms in total. The fraction of sp³-hybridized carbons (Fsp3) is 0. The van der Waals surface area contributed by atoms with Gasteiger partial charge >= 0.3 is 5.69 Å². The Bertz CT molecular complexity index is 558. The van der Waals surface area contributed by atoms with Crippen LogP contribution in [-0.2, 0) is 0 Å². The van der Waals surface area contributed by atoms with E-state index >= 15 is 0 Å². The predicted molar refractivity (Wildman–Crippen MR) is 69.8 cm³/mol. The van der Waals surface area contributed by atoms with Gasteiger partial charge in [0.25, 0.3) is 0 Å². The van der Waals surface area contributed by atoms with Gasteiger partial charge in [0.1, 0.15) is 10.7 Å². The molecule has 0 aromatic heterocycles. The zero-order valence-electron chi connectivity index (χ0n) is 8.73. The Balaban J connectivity index is 2.24. The smallest absolute Gasteiger partial charge is 0.113 e. The van der Waals surface area contributed by atoms with Crippen molar-refractivity contribution in [3.8, 4) is 0 Å². The fourth-order valence-corrected chi connectivity index (χ4v) is 1.73. The van der Waals surface area contributed by atoms with E-state index in [-0.39, 0.29) is 0 Å². The van der Waals surface area contributed by atoms with Gasteiger partial charge in [0.2, 0.25) is 0 Å². The van der Waals surface area contributed by atoms with Crippen LogP contribution in [0.3, 0.4) is 0 Å². The summed E-state index contributed by atoms with van der Waals surface area (Å²) >= 11 is 11.8. The Morgan fingerprint density at radius 3 is 2.12 bits per heavy atom. The van der Waals surface area contributed by atoms with E-state index in [9.17, 15) is 4.91 Å². The number of nitrogens with zero attached hydrogens (tertiary/aromatic N) is 1. The molecule has 0 bridgehead atoms. The lowest BCUT2D eigenvalue weighted by atomic mass is 10.3. The van der Waals surface area contributed by atoms with Crippen LogP contribution in [0.5, 0.6) is 0 Å². The molecule has 0 aliphatic carbocycles. The molecule has 0 spiro atoms. The highest BCUT2D eigenvalue weighted by Crippen LogP contribution is 2.26. The molecule has 0 saturated carbocycles. The zero-order valence-corrected chi connectivity index (χ0v) is 10.2. The molecule has 2 aromatic rings. The van der Waals surface area contributed by atoms with Crippen LogP contribution in [0.1, 0.15) is 0 Å². The Labute approximate surface area is 109 Å². The highest BCUT2D eigenvalue weighted by Gasteiger charge is 2.18. The Kier molecular flexibility index (Phi) is 3.61. The van der Waals surface area contributed by atoms with Crippen molar-refractivity contribution in [2.24, 2.45) is 0 Å². The van der Waals surface area contributed by atoms with E-state index < -0.39 is 0 Å². The summed E-state index contributed by atoms with van der Waals surface area (Å²) in [5.41, 5.74) is 3.50. The standard InChI is InChI=1S/C12H9Cl2N2O/c13-9-5-1-3-7-11(9)15-16(17)12-8-4-2-6-10(12)14/h1-8H,(H,15,17)/q+1. The molecule has 0 radical (unpaired) electrons. The van der Waals surface area contributed by atoms with E-state index in [1.807, 2.05) is 0 Å². The summed E-state index contributed by atoms with van der Waals surface area (Å²) in [4.78, 5) is 12.4. The van der Waals surface area contributed by atoms with Gasteiger partial charge in [-0.05, 0) is 18.2 Å². The van der Waals surface area contributed by atoms with Crippen LogP contribution in [0.15, 0.2) is 48.5 Å². The number of rotatable bonds is 3. The maximum absolute atomic E-state index is 11.8. The van der Waals surface area contributed by atoms with Gasteiger partial charge in [-0.1, -0.05) is 47.5 Å². The van der Waals surface area contributed by atoms with Crippen molar-refractivity contribution >= 4 is 34.6 Å². The molecule has 5 heteroatoms. The summed E-state index contributed by atoms with van der Waals surface area (Å²) in [5, 5.41) is 0.849. The lowest BCUT2D eigenvalue weighted by Gasteiger charge is -2.00. The van der Waals surface area contributed by atoms with Crippen LogP contribution in [0, 0.1) is 4.91 Å². The highest BCUT2D eigenvalue weighted by molar-refractivity contribution is 6.33. The molecule has 1 N–H and O–H groups in total. The average molecular weight is 268 g/mol. The van der Waals surface area contributed by atoms with Crippen LogP contribution in [0.4, 0.5) is 11.4 Å². The van der Waals surface area contributed by atoms with Gasteiger partial charge < -0.3 is 0 Å². The molecular weight excluding hydrogens is 259 g/mol. The summed E-state index contributed by atoms with van der Waals surface area (Å²) in [5.74, 6) is 0. The van der Waals surface area contributed by atoms with E-state index in [4.69, 9.17) is 23.2 Å². The molecule has 0 unspecified atom stereocenters. The lowest BCUT2D eigenvalue weighted by molar-refractivity contribution is -0.427. The van der Waals surface area contributed by atoms with Crippen LogP contribution in [0.25, 0.3) is 0 Å². The summed E-state index contributed by atoms with van der Waals surface area (Å²) in [6.07, 6.45) is 0. The number of anilines is 1. The molecule has 0 aliphatic heterocycles. The second-order valence-electron chi connectivity index (χ2n) is 3.34. The van der Waals surface area contributed by atoms with E-state index in [0.717, 1.165) is 0 Å². The molecule has 0 atom stereocenters. The second-order valence-corrected chi connectivity index (χ2v) is 4.15. The van der Waals surface area contributed by atoms with Gasteiger partial charge in [0, 0.05) is 6.07 Å². The third kappa shape index (κ3) is 2.75. The summed E-state index contributed by atoms with van der Waals surface area (Å²) < 4.78 is 0. The van der Waals surface area contributed by atoms with Gasteiger partial charge in [-0.3, -0.25) is 0 Å². The van der Waals surface area contributed by atoms with Crippen molar-refractivity contribution in [3.05, 3.63) is 63.5 Å². The molecule has 0 heterocycles. The number of hydrogen-bond donors (Lipinski definition) is 1. The molecule has 0 fully saturated rings. The number of nitrogens with one attached hydrogen (secondary N) is 1. The minimum atomic E-state index is 0.342. The van der Waals surface area contributed by atoms with Crippen molar-refractivity contribution in [1.29, 1.82) is 0 Å².